The summed E-state index contributed by atoms with van der Waals surface area (Å²) in [6.07, 6.45) is 0.170. The standard InChI is InChI=1S/C19H21N3O7S/c1-8(23)29-7-10-6-12(30)16-14(18(26)22(16)15(10)19(27)28)21-17(25)13(20)9-2-4-11(24)5-3-9/h2-5,12-14,16,24,30H,6-7,20H2,1H3,(H,21,25)(H,27,28). The van der Waals surface area contributed by atoms with Gasteiger partial charge >= 0.3 is 11.9 Å². The van der Waals surface area contributed by atoms with E-state index in [1.807, 2.05) is 0 Å². The normalized spacial score (nSPS) is 23.9. The molecule has 1 aromatic carbocycles. The number of fused-ring (bicyclic) bond motifs is 1. The number of carboxylic acid groups (broad SMARTS) is 1. The smallest absolute Gasteiger partial charge is 0.352 e. The third kappa shape index (κ3) is 3.98. The zero-order chi connectivity index (χ0) is 22.2. The maximum absolute atomic E-state index is 12.7. The number of amides is 2. The molecule has 1 fully saturated rings. The van der Waals surface area contributed by atoms with E-state index in [0.717, 1.165) is 4.90 Å². The summed E-state index contributed by atoms with van der Waals surface area (Å²) in [5.41, 5.74) is 6.39. The molecule has 1 aromatic rings. The quantitative estimate of drug-likeness (QED) is 0.231. The van der Waals surface area contributed by atoms with E-state index in [1.165, 1.54) is 31.2 Å². The Labute approximate surface area is 177 Å². The molecule has 11 heteroatoms. The third-order valence-electron chi connectivity index (χ3n) is 5.05. The molecule has 0 aliphatic carbocycles. The van der Waals surface area contributed by atoms with Gasteiger partial charge in [-0.3, -0.25) is 19.3 Å². The molecule has 0 aromatic heterocycles. The molecule has 1 saturated heterocycles. The first-order valence-corrected chi connectivity index (χ1v) is 9.58. The molecule has 2 amide bonds. The number of carboxylic acids is 1. The van der Waals surface area contributed by atoms with Crippen LogP contribution in [0, 0.1) is 0 Å². The van der Waals surface area contributed by atoms with E-state index in [0.29, 0.717) is 5.56 Å². The SMILES string of the molecule is CC(=O)OCC1=C(C(=O)O)N2C(=O)C(NC(=O)C(N)c3ccc(O)cc3)C2C(S)C1. The summed E-state index contributed by atoms with van der Waals surface area (Å²) >= 11 is 4.46. The number of phenols is 1. The highest BCUT2D eigenvalue weighted by atomic mass is 32.1. The van der Waals surface area contributed by atoms with Crippen molar-refractivity contribution in [2.45, 2.75) is 36.7 Å². The second kappa shape index (κ2) is 8.36. The van der Waals surface area contributed by atoms with Crippen LogP contribution in [0.2, 0.25) is 0 Å². The fourth-order valence-electron chi connectivity index (χ4n) is 3.60. The van der Waals surface area contributed by atoms with Crippen molar-refractivity contribution in [2.75, 3.05) is 6.61 Å². The number of hydrogen-bond acceptors (Lipinski definition) is 8. The first-order chi connectivity index (χ1) is 14.1. The summed E-state index contributed by atoms with van der Waals surface area (Å²) in [7, 11) is 0. The number of benzene rings is 1. The van der Waals surface area contributed by atoms with Crippen LogP contribution in [0.25, 0.3) is 0 Å². The number of aliphatic carboxylic acids is 1. The summed E-state index contributed by atoms with van der Waals surface area (Å²) in [4.78, 5) is 49.1. The molecule has 10 nitrogen and oxygen atoms in total. The van der Waals surface area contributed by atoms with Gasteiger partial charge in [0.25, 0.3) is 5.91 Å². The van der Waals surface area contributed by atoms with Crippen LogP contribution in [0.15, 0.2) is 35.5 Å². The van der Waals surface area contributed by atoms with Crippen LogP contribution in [0.4, 0.5) is 0 Å². The number of aromatic hydroxyl groups is 1. The number of phenolic OH excluding ortho intramolecular Hbond substituents is 1. The Morgan fingerprint density at radius 3 is 2.53 bits per heavy atom. The summed E-state index contributed by atoms with van der Waals surface area (Å²) in [6, 6.07) is 3.02. The Morgan fingerprint density at radius 2 is 1.97 bits per heavy atom. The van der Waals surface area contributed by atoms with E-state index in [2.05, 4.69) is 17.9 Å². The lowest BCUT2D eigenvalue weighted by Crippen LogP contribution is -2.75. The lowest BCUT2D eigenvalue weighted by Gasteiger charge is -2.52. The monoisotopic (exact) mass is 435 g/mol. The number of β-lactam (4-membered cyclic amide) rings is 1. The maximum Gasteiger partial charge on any atom is 0.352 e. The van der Waals surface area contributed by atoms with Crippen molar-refractivity contribution in [1.29, 1.82) is 0 Å². The number of hydrogen-bond donors (Lipinski definition) is 5. The molecule has 5 N–H and O–H groups in total. The average Bonchev–Trinajstić information content (AvgIpc) is 2.69. The van der Waals surface area contributed by atoms with Gasteiger partial charge in [0.1, 0.15) is 30.1 Å². The van der Waals surface area contributed by atoms with Crippen LogP contribution in [0.1, 0.15) is 24.9 Å². The molecular formula is C19H21N3O7S. The minimum Gasteiger partial charge on any atom is -0.508 e. The van der Waals surface area contributed by atoms with E-state index in [-0.39, 0.29) is 30.0 Å². The summed E-state index contributed by atoms with van der Waals surface area (Å²) < 4.78 is 4.90. The van der Waals surface area contributed by atoms with Crippen molar-refractivity contribution in [3.8, 4) is 5.75 Å². The van der Waals surface area contributed by atoms with Crippen molar-refractivity contribution < 1.29 is 34.1 Å². The zero-order valence-electron chi connectivity index (χ0n) is 15.9. The van der Waals surface area contributed by atoms with Crippen molar-refractivity contribution in [3.63, 3.8) is 0 Å². The van der Waals surface area contributed by atoms with E-state index in [1.54, 1.807) is 0 Å². The molecule has 2 heterocycles. The van der Waals surface area contributed by atoms with Crippen molar-refractivity contribution in [1.82, 2.24) is 10.2 Å². The van der Waals surface area contributed by atoms with Crippen LogP contribution in [-0.4, -0.2) is 62.8 Å². The molecule has 3 rings (SSSR count). The number of esters is 1. The Bertz CT molecular complexity index is 931. The van der Waals surface area contributed by atoms with Gasteiger partial charge in [0.05, 0.1) is 6.04 Å². The molecule has 160 valence electrons. The zero-order valence-corrected chi connectivity index (χ0v) is 16.8. The predicted octanol–water partition coefficient (Wildman–Crippen LogP) is -0.308. The minimum absolute atomic E-state index is 0.0221. The van der Waals surface area contributed by atoms with Gasteiger partial charge in [0, 0.05) is 12.2 Å². The molecule has 0 saturated carbocycles. The Balaban J connectivity index is 1.77. The highest BCUT2D eigenvalue weighted by Gasteiger charge is 2.56. The fourth-order valence-corrected chi connectivity index (χ4v) is 4.12. The first-order valence-electron chi connectivity index (χ1n) is 9.06. The average molecular weight is 435 g/mol. The molecule has 0 radical (unpaired) electrons. The lowest BCUT2D eigenvalue weighted by atomic mass is 9.83. The van der Waals surface area contributed by atoms with E-state index >= 15 is 0 Å². The number of carbonyl (C=O) groups is 4. The highest BCUT2D eigenvalue weighted by Crippen LogP contribution is 2.39. The van der Waals surface area contributed by atoms with E-state index in [9.17, 15) is 29.4 Å². The van der Waals surface area contributed by atoms with E-state index < -0.39 is 47.1 Å². The van der Waals surface area contributed by atoms with Crippen LogP contribution >= 0.6 is 12.6 Å². The van der Waals surface area contributed by atoms with Gasteiger partial charge in [-0.15, -0.1) is 0 Å². The Morgan fingerprint density at radius 1 is 1.33 bits per heavy atom. The number of nitrogens with zero attached hydrogens (tertiary/aromatic N) is 1. The van der Waals surface area contributed by atoms with Crippen LogP contribution in [-0.2, 0) is 23.9 Å². The summed E-state index contributed by atoms with van der Waals surface area (Å²) in [5.74, 6) is -3.11. The van der Waals surface area contributed by atoms with Crippen LogP contribution < -0.4 is 11.1 Å². The largest absolute Gasteiger partial charge is 0.508 e. The molecule has 30 heavy (non-hydrogen) atoms. The van der Waals surface area contributed by atoms with Crippen molar-refractivity contribution in [2.24, 2.45) is 5.73 Å². The molecule has 4 atom stereocenters. The number of nitrogens with two attached hydrogens (primary N) is 1. The lowest BCUT2D eigenvalue weighted by molar-refractivity contribution is -0.156. The molecule has 4 unspecified atom stereocenters. The van der Waals surface area contributed by atoms with Crippen molar-refractivity contribution in [3.05, 3.63) is 41.1 Å². The van der Waals surface area contributed by atoms with Crippen LogP contribution in [0.5, 0.6) is 5.75 Å². The second-order valence-corrected chi connectivity index (χ2v) is 7.73. The summed E-state index contributed by atoms with van der Waals surface area (Å²) in [5, 5.41) is 21.0. The second-order valence-electron chi connectivity index (χ2n) is 7.06. The maximum atomic E-state index is 12.7. The molecule has 2 aliphatic rings. The summed E-state index contributed by atoms with van der Waals surface area (Å²) in [6.45, 7) is 0.940. The topological polar surface area (TPSA) is 159 Å². The first kappa shape index (κ1) is 21.7. The van der Waals surface area contributed by atoms with Gasteiger partial charge in [0.2, 0.25) is 5.91 Å². The molecule has 0 bridgehead atoms. The molecular weight excluding hydrogens is 414 g/mol. The Kier molecular flexibility index (Phi) is 6.04. The van der Waals surface area contributed by atoms with Gasteiger partial charge in [-0.05, 0) is 29.7 Å². The van der Waals surface area contributed by atoms with Gasteiger partial charge in [-0.1, -0.05) is 12.1 Å². The Hall–Kier alpha value is -3.05. The van der Waals surface area contributed by atoms with Crippen LogP contribution in [0.3, 0.4) is 0 Å². The fraction of sp³-hybridized carbons (Fsp3) is 0.368. The van der Waals surface area contributed by atoms with Gasteiger partial charge in [0.15, 0.2) is 0 Å². The minimum atomic E-state index is -1.33. The number of carbonyl (C=O) groups excluding carboxylic acids is 3. The van der Waals surface area contributed by atoms with Gasteiger partial charge < -0.3 is 26.0 Å². The highest BCUT2D eigenvalue weighted by molar-refractivity contribution is 7.81. The predicted molar refractivity (Wildman–Crippen MR) is 106 cm³/mol. The van der Waals surface area contributed by atoms with E-state index in [4.69, 9.17) is 10.5 Å². The number of ether oxygens (including phenoxy) is 1. The number of nitrogens with one attached hydrogen (secondary N) is 1. The third-order valence-corrected chi connectivity index (χ3v) is 5.54. The number of rotatable bonds is 6. The van der Waals surface area contributed by atoms with Gasteiger partial charge in [-0.25, -0.2) is 4.79 Å². The molecule has 2 aliphatic heterocycles. The van der Waals surface area contributed by atoms with Crippen molar-refractivity contribution >= 4 is 36.4 Å². The van der Waals surface area contributed by atoms with Gasteiger partial charge in [-0.2, -0.15) is 12.6 Å². The number of thiol groups is 1. The molecule has 0 spiro atoms.